The second-order valence-electron chi connectivity index (χ2n) is 5.53. The van der Waals surface area contributed by atoms with Crippen LogP contribution in [0.25, 0.3) is 0 Å². The van der Waals surface area contributed by atoms with Crippen LogP contribution in [0.3, 0.4) is 0 Å². The van der Waals surface area contributed by atoms with Gasteiger partial charge < -0.3 is 55.1 Å². The fourth-order valence-corrected chi connectivity index (χ4v) is 2.57. The van der Waals surface area contributed by atoms with Crippen molar-refractivity contribution < 1.29 is 55.1 Å². The number of ether oxygens (including phenoxy) is 3. The van der Waals surface area contributed by atoms with E-state index >= 15 is 0 Å². The van der Waals surface area contributed by atoms with Crippen molar-refractivity contribution in [1.82, 2.24) is 0 Å². The Hall–Kier alpha value is -0.440. The normalized spacial score (nSPS) is 47.8. The van der Waals surface area contributed by atoms with E-state index in [1.165, 1.54) is 0 Å². The summed E-state index contributed by atoms with van der Waals surface area (Å²) in [7, 11) is 0. The average Bonchev–Trinajstić information content (AvgIpc) is 2.63. The van der Waals surface area contributed by atoms with E-state index in [9.17, 15) is 35.7 Å². The SMILES string of the molecule is CC.OCC1OC(OC2C(CO)OC(O)C(O)C2O)C(O)C(O)C1O. The maximum absolute atomic E-state index is 9.94. The number of hydrogen-bond donors (Lipinski definition) is 8. The third-order valence-electron chi connectivity index (χ3n) is 3.98. The van der Waals surface area contributed by atoms with Gasteiger partial charge in [0, 0.05) is 0 Å². The molecule has 2 heterocycles. The van der Waals surface area contributed by atoms with Crippen LogP contribution in [0.1, 0.15) is 13.8 Å². The summed E-state index contributed by atoms with van der Waals surface area (Å²) in [5.41, 5.74) is 0. The lowest BCUT2D eigenvalue weighted by molar-refractivity contribution is -0.355. The van der Waals surface area contributed by atoms with Crippen molar-refractivity contribution in [2.75, 3.05) is 13.2 Å². The smallest absolute Gasteiger partial charge is 0.187 e. The van der Waals surface area contributed by atoms with Crippen LogP contribution in [-0.2, 0) is 14.2 Å². The Balaban J connectivity index is 0.00000151. The van der Waals surface area contributed by atoms with Gasteiger partial charge in [-0.15, -0.1) is 0 Å². The number of aliphatic hydroxyl groups excluding tert-OH is 8. The van der Waals surface area contributed by atoms with Crippen LogP contribution in [0.2, 0.25) is 0 Å². The maximum atomic E-state index is 9.94. The first kappa shape index (κ1) is 22.6. The predicted molar refractivity (Wildman–Crippen MR) is 80.0 cm³/mol. The molecule has 2 rings (SSSR count). The Kier molecular flexibility index (Phi) is 9.08. The summed E-state index contributed by atoms with van der Waals surface area (Å²) < 4.78 is 15.3. The van der Waals surface area contributed by atoms with Crippen LogP contribution < -0.4 is 0 Å². The van der Waals surface area contributed by atoms with Crippen LogP contribution in [0.4, 0.5) is 0 Å². The maximum Gasteiger partial charge on any atom is 0.187 e. The summed E-state index contributed by atoms with van der Waals surface area (Å²) in [5.74, 6) is 0. The minimum absolute atomic E-state index is 0.667. The molecule has 2 aliphatic rings. The molecular formula is C14H28O11. The predicted octanol–water partition coefficient (Wildman–Crippen LogP) is -4.37. The van der Waals surface area contributed by atoms with E-state index in [0.717, 1.165) is 0 Å². The largest absolute Gasteiger partial charge is 0.394 e. The quantitative estimate of drug-likeness (QED) is 0.238. The van der Waals surface area contributed by atoms with E-state index < -0.39 is 74.6 Å². The summed E-state index contributed by atoms with van der Waals surface area (Å²) >= 11 is 0. The van der Waals surface area contributed by atoms with E-state index in [4.69, 9.17) is 19.3 Å². The molecule has 150 valence electrons. The zero-order valence-electron chi connectivity index (χ0n) is 14.0. The van der Waals surface area contributed by atoms with Gasteiger partial charge in [-0.1, -0.05) is 13.8 Å². The minimum atomic E-state index is -1.74. The van der Waals surface area contributed by atoms with Crippen molar-refractivity contribution in [1.29, 1.82) is 0 Å². The van der Waals surface area contributed by atoms with E-state index in [-0.39, 0.29) is 0 Å². The highest BCUT2D eigenvalue weighted by atomic mass is 16.7. The molecule has 2 aliphatic heterocycles. The van der Waals surface area contributed by atoms with Gasteiger partial charge in [-0.3, -0.25) is 0 Å². The molecule has 2 fully saturated rings. The van der Waals surface area contributed by atoms with Gasteiger partial charge in [0.25, 0.3) is 0 Å². The monoisotopic (exact) mass is 372 g/mol. The molecule has 8 N–H and O–H groups in total. The van der Waals surface area contributed by atoms with Gasteiger partial charge in [0.15, 0.2) is 12.6 Å². The highest BCUT2D eigenvalue weighted by Gasteiger charge is 2.50. The van der Waals surface area contributed by atoms with E-state index in [1.807, 2.05) is 13.8 Å². The second-order valence-corrected chi connectivity index (χ2v) is 5.53. The summed E-state index contributed by atoms with van der Waals surface area (Å²) in [5, 5.41) is 76.5. The lowest BCUT2D eigenvalue weighted by Gasteiger charge is -2.45. The highest BCUT2D eigenvalue weighted by Crippen LogP contribution is 2.28. The third kappa shape index (κ3) is 4.84. The summed E-state index contributed by atoms with van der Waals surface area (Å²) in [6, 6.07) is 0. The number of hydrogen-bond acceptors (Lipinski definition) is 11. The van der Waals surface area contributed by atoms with Crippen molar-refractivity contribution in [2.24, 2.45) is 0 Å². The van der Waals surface area contributed by atoms with Crippen molar-refractivity contribution >= 4 is 0 Å². The molecule has 0 saturated carbocycles. The Labute approximate surface area is 144 Å². The highest BCUT2D eigenvalue weighted by molar-refractivity contribution is 4.93. The van der Waals surface area contributed by atoms with Gasteiger partial charge in [0.2, 0.25) is 0 Å². The van der Waals surface area contributed by atoms with Crippen molar-refractivity contribution in [3.8, 4) is 0 Å². The lowest BCUT2D eigenvalue weighted by atomic mass is 9.97. The van der Waals surface area contributed by atoms with E-state index in [0.29, 0.717) is 0 Å². The Morgan fingerprint density at radius 2 is 1.24 bits per heavy atom. The first-order valence-electron chi connectivity index (χ1n) is 8.08. The van der Waals surface area contributed by atoms with Crippen molar-refractivity contribution in [3.63, 3.8) is 0 Å². The van der Waals surface area contributed by atoms with Gasteiger partial charge in [0.1, 0.15) is 48.8 Å². The molecule has 2 saturated heterocycles. The Bertz CT molecular complexity index is 380. The van der Waals surface area contributed by atoms with Crippen LogP contribution >= 0.6 is 0 Å². The fourth-order valence-electron chi connectivity index (χ4n) is 2.57. The summed E-state index contributed by atoms with van der Waals surface area (Å²) in [6.45, 7) is 2.65. The molecule has 0 aromatic carbocycles. The first-order valence-corrected chi connectivity index (χ1v) is 8.08. The topological polar surface area (TPSA) is 190 Å². The molecule has 25 heavy (non-hydrogen) atoms. The molecule has 0 spiro atoms. The summed E-state index contributed by atoms with van der Waals surface area (Å²) in [6.07, 6.45) is -15.6. The Morgan fingerprint density at radius 3 is 1.76 bits per heavy atom. The molecule has 0 amide bonds. The van der Waals surface area contributed by atoms with Gasteiger partial charge in [0.05, 0.1) is 13.2 Å². The summed E-state index contributed by atoms with van der Waals surface area (Å²) in [4.78, 5) is 0. The molecule has 0 aromatic heterocycles. The first-order chi connectivity index (χ1) is 11.8. The molecule has 0 aromatic rings. The van der Waals surface area contributed by atoms with Crippen LogP contribution in [0.15, 0.2) is 0 Å². The van der Waals surface area contributed by atoms with Crippen molar-refractivity contribution in [3.05, 3.63) is 0 Å². The second kappa shape index (κ2) is 10.0. The zero-order chi connectivity index (χ0) is 19.3. The molecule has 11 nitrogen and oxygen atoms in total. The number of rotatable bonds is 4. The minimum Gasteiger partial charge on any atom is -0.394 e. The molecule has 0 aliphatic carbocycles. The van der Waals surface area contributed by atoms with Gasteiger partial charge in [-0.25, -0.2) is 0 Å². The molecule has 10 atom stereocenters. The van der Waals surface area contributed by atoms with Crippen LogP contribution in [0, 0.1) is 0 Å². The van der Waals surface area contributed by atoms with E-state index in [2.05, 4.69) is 0 Å². The molecular weight excluding hydrogens is 344 g/mol. The average molecular weight is 372 g/mol. The third-order valence-corrected chi connectivity index (χ3v) is 3.98. The zero-order valence-corrected chi connectivity index (χ0v) is 14.0. The van der Waals surface area contributed by atoms with Crippen molar-refractivity contribution in [2.45, 2.75) is 75.3 Å². The molecule has 10 unspecified atom stereocenters. The van der Waals surface area contributed by atoms with Crippen LogP contribution in [0.5, 0.6) is 0 Å². The standard InChI is InChI=1S/C12H22O11.C2H6/c13-1-3-5(15)6(16)9(19)12(22-3)23-10-4(2-14)21-11(20)8(18)7(10)17;1-2/h3-20H,1-2H2;1-2H3. The van der Waals surface area contributed by atoms with E-state index in [1.54, 1.807) is 0 Å². The van der Waals surface area contributed by atoms with Gasteiger partial charge in [-0.05, 0) is 0 Å². The lowest BCUT2D eigenvalue weighted by Crippen LogP contribution is -2.64. The fraction of sp³-hybridized carbons (Fsp3) is 1.00. The molecule has 0 radical (unpaired) electrons. The molecule has 0 bridgehead atoms. The van der Waals surface area contributed by atoms with Gasteiger partial charge >= 0.3 is 0 Å². The number of aliphatic hydroxyl groups is 8. The Morgan fingerprint density at radius 1 is 0.680 bits per heavy atom. The van der Waals surface area contributed by atoms with Gasteiger partial charge in [-0.2, -0.15) is 0 Å². The van der Waals surface area contributed by atoms with Crippen LogP contribution in [-0.4, -0.2) is 115 Å². The molecule has 11 heteroatoms.